The second-order valence-corrected chi connectivity index (χ2v) is 10.4. The first-order valence-corrected chi connectivity index (χ1v) is 13.1. The van der Waals surface area contributed by atoms with Gasteiger partial charge in [-0.1, -0.05) is 24.8 Å². The predicted molar refractivity (Wildman–Crippen MR) is 132 cm³/mol. The molecule has 6 rings (SSSR count). The lowest BCUT2D eigenvalue weighted by molar-refractivity contribution is -0.275. The Morgan fingerprint density at radius 2 is 1.73 bits per heavy atom. The van der Waals surface area contributed by atoms with Crippen LogP contribution in [0.25, 0.3) is 0 Å². The summed E-state index contributed by atoms with van der Waals surface area (Å²) in [6.07, 6.45) is -4.71. The van der Waals surface area contributed by atoms with Gasteiger partial charge in [0.25, 0.3) is 0 Å². The van der Waals surface area contributed by atoms with Crippen LogP contribution in [0.4, 0.5) is 13.2 Å². The average Bonchev–Trinajstić information content (AvgIpc) is 3.68. The molecule has 6 unspecified atom stereocenters. The second kappa shape index (κ2) is 10.1. The van der Waals surface area contributed by atoms with Crippen molar-refractivity contribution in [2.24, 2.45) is 11.8 Å². The van der Waals surface area contributed by atoms with Gasteiger partial charge in [0.15, 0.2) is 23.7 Å². The molecule has 0 radical (unpaired) electrons. The van der Waals surface area contributed by atoms with Crippen LogP contribution in [-0.4, -0.2) is 54.3 Å². The predicted octanol–water partition coefficient (Wildman–Crippen LogP) is 4.53. The van der Waals surface area contributed by atoms with Crippen molar-refractivity contribution in [3.63, 3.8) is 0 Å². The minimum absolute atomic E-state index is 0.140. The first-order valence-electron chi connectivity index (χ1n) is 13.1. The molecule has 4 fully saturated rings. The molecule has 12 heteroatoms. The lowest BCUT2D eigenvalue weighted by atomic mass is 9.78. The zero-order chi connectivity index (χ0) is 28.9. The van der Waals surface area contributed by atoms with Crippen LogP contribution < -0.4 is 14.2 Å². The maximum absolute atomic E-state index is 13.3. The van der Waals surface area contributed by atoms with Gasteiger partial charge in [0.1, 0.15) is 35.4 Å². The third-order valence-electron chi connectivity index (χ3n) is 7.92. The zero-order valence-electron chi connectivity index (χ0n) is 21.5. The number of carbonyl (C=O) groups is 3. The highest BCUT2D eigenvalue weighted by molar-refractivity contribution is 5.91. The normalized spacial score (nSPS) is 29.1. The molecule has 3 saturated heterocycles. The molecule has 0 amide bonds. The van der Waals surface area contributed by atoms with E-state index in [0.717, 1.165) is 31.0 Å². The van der Waals surface area contributed by atoms with Crippen molar-refractivity contribution >= 4 is 17.9 Å². The van der Waals surface area contributed by atoms with Crippen molar-refractivity contribution in [1.29, 1.82) is 0 Å². The Balaban J connectivity index is 1.24. The van der Waals surface area contributed by atoms with E-state index in [1.54, 1.807) is 30.3 Å². The maximum atomic E-state index is 13.3. The van der Waals surface area contributed by atoms with Crippen LogP contribution in [0, 0.1) is 11.8 Å². The van der Waals surface area contributed by atoms with E-state index in [-0.39, 0.29) is 17.1 Å². The van der Waals surface area contributed by atoms with Gasteiger partial charge in [-0.15, -0.1) is 13.2 Å². The SMILES string of the molecule is C=CC1(Oc2cc(C(=O)OC3C4OC(=O)C5C4OC3C5C(=O)Oc3ccccc3)ccc2OC(F)(F)F)CCCC1. The van der Waals surface area contributed by atoms with E-state index in [4.69, 9.17) is 23.7 Å². The van der Waals surface area contributed by atoms with Gasteiger partial charge in [-0.2, -0.15) is 0 Å². The van der Waals surface area contributed by atoms with E-state index in [2.05, 4.69) is 11.3 Å². The highest BCUT2D eigenvalue weighted by atomic mass is 19.4. The van der Waals surface area contributed by atoms with Gasteiger partial charge < -0.3 is 28.4 Å². The van der Waals surface area contributed by atoms with Crippen molar-refractivity contribution < 1.29 is 56.0 Å². The number of rotatable bonds is 8. The van der Waals surface area contributed by atoms with E-state index in [1.165, 1.54) is 6.08 Å². The van der Waals surface area contributed by atoms with Crippen LogP contribution in [0.3, 0.4) is 0 Å². The van der Waals surface area contributed by atoms with Crippen molar-refractivity contribution in [3.05, 3.63) is 66.7 Å². The second-order valence-electron chi connectivity index (χ2n) is 10.4. The van der Waals surface area contributed by atoms with Crippen LogP contribution in [0.5, 0.6) is 17.2 Å². The van der Waals surface area contributed by atoms with E-state index in [9.17, 15) is 27.6 Å². The molecular weight excluding hydrogens is 549 g/mol. The van der Waals surface area contributed by atoms with Crippen molar-refractivity contribution in [3.8, 4) is 17.2 Å². The molecule has 41 heavy (non-hydrogen) atoms. The van der Waals surface area contributed by atoms with E-state index in [0.29, 0.717) is 12.8 Å². The molecule has 2 aromatic carbocycles. The Morgan fingerprint density at radius 3 is 2.41 bits per heavy atom. The number of fused-ring (bicyclic) bond motifs is 1. The Hall–Kier alpha value is -4.06. The number of benzene rings is 2. The third kappa shape index (κ3) is 5.01. The molecule has 3 aliphatic heterocycles. The Kier molecular flexibility index (Phi) is 6.68. The minimum atomic E-state index is -5.00. The molecule has 0 N–H and O–H groups in total. The molecule has 2 aromatic rings. The topological polar surface area (TPSA) is 107 Å². The zero-order valence-corrected chi connectivity index (χ0v) is 21.5. The van der Waals surface area contributed by atoms with Gasteiger partial charge in [-0.25, -0.2) is 4.79 Å². The first kappa shape index (κ1) is 27.1. The lowest BCUT2D eigenvalue weighted by Gasteiger charge is -2.29. The highest BCUT2D eigenvalue weighted by Crippen LogP contribution is 2.51. The molecule has 4 aliphatic rings. The molecule has 216 valence electrons. The van der Waals surface area contributed by atoms with Crippen molar-refractivity contribution in [1.82, 2.24) is 0 Å². The largest absolute Gasteiger partial charge is 0.573 e. The van der Waals surface area contributed by atoms with Gasteiger partial charge in [-0.05, 0) is 62.1 Å². The number of esters is 3. The Morgan fingerprint density at radius 1 is 1.00 bits per heavy atom. The average molecular weight is 575 g/mol. The number of hydrogen-bond donors (Lipinski definition) is 0. The van der Waals surface area contributed by atoms with Gasteiger partial charge >= 0.3 is 24.3 Å². The quantitative estimate of drug-likeness (QED) is 0.255. The fourth-order valence-electron chi connectivity index (χ4n) is 6.07. The maximum Gasteiger partial charge on any atom is 0.573 e. The molecule has 2 bridgehead atoms. The van der Waals surface area contributed by atoms with Gasteiger partial charge in [0.05, 0.1) is 5.56 Å². The van der Waals surface area contributed by atoms with Gasteiger partial charge in [0, 0.05) is 0 Å². The number of alkyl halides is 3. The molecule has 3 heterocycles. The molecule has 0 spiro atoms. The summed E-state index contributed by atoms with van der Waals surface area (Å²) in [7, 11) is 0. The smallest absolute Gasteiger partial charge is 0.479 e. The van der Waals surface area contributed by atoms with E-state index in [1.807, 2.05) is 0 Å². The number of ether oxygens (including phenoxy) is 6. The van der Waals surface area contributed by atoms with Crippen LogP contribution in [0.1, 0.15) is 36.0 Å². The number of halogens is 3. The first-order chi connectivity index (χ1) is 19.6. The van der Waals surface area contributed by atoms with E-state index < -0.39 is 71.9 Å². The fraction of sp³-hybridized carbons (Fsp3) is 0.414. The van der Waals surface area contributed by atoms with Gasteiger partial charge in [-0.3, -0.25) is 9.59 Å². The summed E-state index contributed by atoms with van der Waals surface area (Å²) in [6, 6.07) is 11.4. The number of hydrogen-bond acceptors (Lipinski definition) is 9. The number of para-hydroxylation sites is 1. The van der Waals surface area contributed by atoms with Crippen LogP contribution >= 0.6 is 0 Å². The van der Waals surface area contributed by atoms with Crippen molar-refractivity contribution in [2.75, 3.05) is 0 Å². The summed E-state index contributed by atoms with van der Waals surface area (Å²) in [4.78, 5) is 38.9. The Bertz CT molecular complexity index is 1370. The highest BCUT2D eigenvalue weighted by Gasteiger charge is 2.72. The summed E-state index contributed by atoms with van der Waals surface area (Å²) in [5.41, 5.74) is -1.05. The van der Waals surface area contributed by atoms with Crippen LogP contribution in [-0.2, 0) is 23.8 Å². The minimum Gasteiger partial charge on any atom is -0.479 e. The summed E-state index contributed by atoms with van der Waals surface area (Å²) >= 11 is 0. The number of carbonyl (C=O) groups excluding carboxylic acids is 3. The van der Waals surface area contributed by atoms with Crippen LogP contribution in [0.2, 0.25) is 0 Å². The standard InChI is InChI=1S/C29H25F3O9/c1-2-28(12-6-7-13-28)40-18-14-15(10-11-17(18)41-29(30,31)32)25(33)38-23-21-19(20-22(37-21)24(23)39-27(20)35)26(34)36-16-8-4-3-5-9-16/h2-5,8-11,14,19-24H,1,6-7,12-13H2. The molecule has 6 atom stereocenters. The molecule has 1 saturated carbocycles. The van der Waals surface area contributed by atoms with Crippen LogP contribution in [0.15, 0.2) is 61.2 Å². The summed E-state index contributed by atoms with van der Waals surface area (Å²) < 4.78 is 71.8. The Labute approximate surface area is 232 Å². The molecule has 0 aromatic heterocycles. The third-order valence-corrected chi connectivity index (χ3v) is 7.92. The van der Waals surface area contributed by atoms with E-state index >= 15 is 0 Å². The summed E-state index contributed by atoms with van der Waals surface area (Å²) in [6.45, 7) is 3.77. The van der Waals surface area contributed by atoms with Crippen molar-refractivity contribution in [2.45, 2.75) is 62.1 Å². The molecule has 1 aliphatic carbocycles. The molecular formula is C29H25F3O9. The van der Waals surface area contributed by atoms with Gasteiger partial charge in [0.2, 0.25) is 0 Å². The lowest BCUT2D eigenvalue weighted by Crippen LogP contribution is -2.48. The molecule has 9 nitrogen and oxygen atoms in total. The summed E-state index contributed by atoms with van der Waals surface area (Å²) in [5.74, 6) is -4.99. The fourth-order valence-corrected chi connectivity index (χ4v) is 6.07. The monoisotopic (exact) mass is 574 g/mol. The summed E-state index contributed by atoms with van der Waals surface area (Å²) in [5, 5.41) is 0.